The smallest absolute Gasteiger partial charge is 0.225 e. The Balaban J connectivity index is 2.02. The molecule has 3 heteroatoms. The summed E-state index contributed by atoms with van der Waals surface area (Å²) in [6.45, 7) is 3.69. The second-order valence-corrected chi connectivity index (χ2v) is 6.19. The van der Waals surface area contributed by atoms with Crippen molar-refractivity contribution in [2.24, 2.45) is 5.92 Å². The first-order chi connectivity index (χ1) is 10.2. The first kappa shape index (κ1) is 15.9. The summed E-state index contributed by atoms with van der Waals surface area (Å²) in [6.07, 6.45) is 8.14. The van der Waals surface area contributed by atoms with Crippen LogP contribution in [0.5, 0.6) is 0 Å². The second kappa shape index (κ2) is 8.06. The molecule has 0 spiro atoms. The van der Waals surface area contributed by atoms with Gasteiger partial charge in [0.2, 0.25) is 5.91 Å². The molecule has 1 aromatic carbocycles. The van der Waals surface area contributed by atoms with Crippen molar-refractivity contribution < 1.29 is 4.79 Å². The van der Waals surface area contributed by atoms with Gasteiger partial charge in [0.15, 0.2) is 0 Å². The van der Waals surface area contributed by atoms with Crippen molar-refractivity contribution in [3.05, 3.63) is 29.8 Å². The Hall–Kier alpha value is -1.51. The van der Waals surface area contributed by atoms with Gasteiger partial charge in [-0.05, 0) is 37.0 Å². The van der Waals surface area contributed by atoms with Gasteiger partial charge in [-0.25, -0.2) is 0 Å². The minimum atomic E-state index is 0.243. The van der Waals surface area contributed by atoms with Crippen LogP contribution in [0.15, 0.2) is 24.3 Å². The van der Waals surface area contributed by atoms with Crippen molar-refractivity contribution in [2.75, 3.05) is 12.3 Å². The van der Waals surface area contributed by atoms with Crippen LogP contribution in [0.3, 0.4) is 0 Å². The first-order valence-electron chi connectivity index (χ1n) is 8.34. The average molecular weight is 288 g/mol. The van der Waals surface area contributed by atoms with Gasteiger partial charge in [0, 0.05) is 24.7 Å². The number of nitrogen functional groups attached to an aromatic ring is 1. The zero-order chi connectivity index (χ0) is 15.1. The van der Waals surface area contributed by atoms with E-state index in [9.17, 15) is 4.79 Å². The minimum absolute atomic E-state index is 0.243. The molecule has 0 aromatic heterocycles. The van der Waals surface area contributed by atoms with Gasteiger partial charge in [-0.1, -0.05) is 44.7 Å². The number of carbonyl (C=O) groups excluding carboxylic acids is 1. The molecule has 0 bridgehead atoms. The monoisotopic (exact) mass is 288 g/mol. The molecule has 0 aliphatic heterocycles. The summed E-state index contributed by atoms with van der Waals surface area (Å²) in [4.78, 5) is 14.9. The number of hydrogen-bond acceptors (Lipinski definition) is 2. The van der Waals surface area contributed by atoms with E-state index < -0.39 is 0 Å². The predicted molar refractivity (Wildman–Crippen MR) is 87.8 cm³/mol. The zero-order valence-corrected chi connectivity index (χ0v) is 13.2. The highest BCUT2D eigenvalue weighted by atomic mass is 16.2. The highest BCUT2D eigenvalue weighted by Crippen LogP contribution is 2.25. The van der Waals surface area contributed by atoms with E-state index in [-0.39, 0.29) is 5.92 Å². The number of carbonyl (C=O) groups is 1. The standard InChI is InChI=1S/C18H28N2O/c1-2-13-20(14-15-9-11-17(19)12-10-15)18(21)16-7-5-3-4-6-8-16/h9-12,16H,2-8,13-14,19H2,1H3. The molecule has 3 nitrogen and oxygen atoms in total. The summed E-state index contributed by atoms with van der Waals surface area (Å²) in [5.41, 5.74) is 7.67. The van der Waals surface area contributed by atoms with Crippen molar-refractivity contribution in [3.63, 3.8) is 0 Å². The summed E-state index contributed by atoms with van der Waals surface area (Å²) in [5, 5.41) is 0. The lowest BCUT2D eigenvalue weighted by molar-refractivity contribution is -0.136. The number of rotatable bonds is 5. The van der Waals surface area contributed by atoms with E-state index in [1.807, 2.05) is 29.2 Å². The van der Waals surface area contributed by atoms with E-state index >= 15 is 0 Å². The Bertz CT molecular complexity index is 433. The molecule has 21 heavy (non-hydrogen) atoms. The van der Waals surface area contributed by atoms with E-state index in [0.717, 1.165) is 31.5 Å². The number of benzene rings is 1. The van der Waals surface area contributed by atoms with E-state index in [4.69, 9.17) is 5.73 Å². The Morgan fingerprint density at radius 3 is 2.33 bits per heavy atom. The third kappa shape index (κ3) is 4.76. The summed E-state index contributed by atoms with van der Waals surface area (Å²) in [7, 11) is 0. The predicted octanol–water partition coefficient (Wildman–Crippen LogP) is 3.98. The number of nitrogens with two attached hydrogens (primary N) is 1. The zero-order valence-electron chi connectivity index (χ0n) is 13.2. The van der Waals surface area contributed by atoms with E-state index in [0.29, 0.717) is 12.5 Å². The third-order valence-corrected chi connectivity index (χ3v) is 4.36. The van der Waals surface area contributed by atoms with Gasteiger partial charge in [0.25, 0.3) is 0 Å². The van der Waals surface area contributed by atoms with Gasteiger partial charge in [-0.3, -0.25) is 4.79 Å². The maximum atomic E-state index is 12.8. The van der Waals surface area contributed by atoms with Crippen molar-refractivity contribution in [3.8, 4) is 0 Å². The fourth-order valence-corrected chi connectivity index (χ4v) is 3.17. The molecule has 0 unspecified atom stereocenters. The normalized spacial score (nSPS) is 16.4. The molecular weight excluding hydrogens is 260 g/mol. The third-order valence-electron chi connectivity index (χ3n) is 4.36. The largest absolute Gasteiger partial charge is 0.399 e. The maximum Gasteiger partial charge on any atom is 0.225 e. The van der Waals surface area contributed by atoms with Crippen molar-refractivity contribution >= 4 is 11.6 Å². The SMILES string of the molecule is CCCN(Cc1ccc(N)cc1)C(=O)C1CCCCCC1. The molecule has 0 radical (unpaired) electrons. The van der Waals surface area contributed by atoms with E-state index in [1.54, 1.807) is 0 Å². The van der Waals surface area contributed by atoms with Crippen LogP contribution in [0.4, 0.5) is 5.69 Å². The highest BCUT2D eigenvalue weighted by molar-refractivity contribution is 5.78. The molecule has 1 saturated carbocycles. The molecule has 0 heterocycles. The van der Waals surface area contributed by atoms with Crippen molar-refractivity contribution in [1.29, 1.82) is 0 Å². The molecule has 0 saturated heterocycles. The fraction of sp³-hybridized carbons (Fsp3) is 0.611. The molecule has 0 atom stereocenters. The lowest BCUT2D eigenvalue weighted by Crippen LogP contribution is -2.36. The van der Waals surface area contributed by atoms with Gasteiger partial charge in [-0.15, -0.1) is 0 Å². The Morgan fingerprint density at radius 1 is 1.14 bits per heavy atom. The van der Waals surface area contributed by atoms with E-state index in [1.165, 1.54) is 31.2 Å². The summed E-state index contributed by atoms with van der Waals surface area (Å²) in [5.74, 6) is 0.600. The molecule has 1 amide bonds. The molecule has 1 aromatic rings. The molecule has 116 valence electrons. The summed E-state index contributed by atoms with van der Waals surface area (Å²) in [6, 6.07) is 7.88. The number of amides is 1. The van der Waals surface area contributed by atoms with Gasteiger partial charge in [0.1, 0.15) is 0 Å². The van der Waals surface area contributed by atoms with Crippen molar-refractivity contribution in [2.45, 2.75) is 58.4 Å². The van der Waals surface area contributed by atoms with Crippen LogP contribution in [0.1, 0.15) is 57.4 Å². The van der Waals surface area contributed by atoms with Gasteiger partial charge < -0.3 is 10.6 Å². The summed E-state index contributed by atoms with van der Waals surface area (Å²) >= 11 is 0. The van der Waals surface area contributed by atoms with Crippen LogP contribution in [0.25, 0.3) is 0 Å². The molecule has 1 aliphatic carbocycles. The van der Waals surface area contributed by atoms with Crippen LogP contribution in [-0.4, -0.2) is 17.4 Å². The summed E-state index contributed by atoms with van der Waals surface area (Å²) < 4.78 is 0. The van der Waals surface area contributed by atoms with Crippen LogP contribution in [-0.2, 0) is 11.3 Å². The molecule has 2 rings (SSSR count). The number of hydrogen-bond donors (Lipinski definition) is 1. The van der Waals surface area contributed by atoms with Gasteiger partial charge in [-0.2, -0.15) is 0 Å². The quantitative estimate of drug-likeness (QED) is 0.658. The molecular formula is C18H28N2O. The molecule has 1 aliphatic rings. The topological polar surface area (TPSA) is 46.3 Å². The van der Waals surface area contributed by atoms with E-state index in [2.05, 4.69) is 6.92 Å². The molecule has 1 fully saturated rings. The first-order valence-corrected chi connectivity index (χ1v) is 8.34. The van der Waals surface area contributed by atoms with Gasteiger partial charge >= 0.3 is 0 Å². The van der Waals surface area contributed by atoms with Crippen molar-refractivity contribution in [1.82, 2.24) is 4.90 Å². The minimum Gasteiger partial charge on any atom is -0.399 e. The Morgan fingerprint density at radius 2 is 1.76 bits per heavy atom. The van der Waals surface area contributed by atoms with Crippen LogP contribution in [0.2, 0.25) is 0 Å². The average Bonchev–Trinajstić information content (AvgIpc) is 2.77. The number of anilines is 1. The van der Waals surface area contributed by atoms with Gasteiger partial charge in [0.05, 0.1) is 0 Å². The lowest BCUT2D eigenvalue weighted by Gasteiger charge is -2.27. The molecule has 2 N–H and O–H groups in total. The Kier molecular flexibility index (Phi) is 6.09. The Labute approximate surface area is 128 Å². The highest BCUT2D eigenvalue weighted by Gasteiger charge is 2.24. The van der Waals surface area contributed by atoms with Crippen LogP contribution in [0, 0.1) is 5.92 Å². The van der Waals surface area contributed by atoms with Crippen LogP contribution >= 0.6 is 0 Å². The second-order valence-electron chi connectivity index (χ2n) is 6.19. The fourth-order valence-electron chi connectivity index (χ4n) is 3.17. The number of nitrogens with zero attached hydrogens (tertiary/aromatic N) is 1. The maximum absolute atomic E-state index is 12.8. The lowest BCUT2D eigenvalue weighted by atomic mass is 9.98. The van der Waals surface area contributed by atoms with Crippen LogP contribution < -0.4 is 5.73 Å².